The molecule has 26 heavy (non-hydrogen) atoms. The van der Waals surface area contributed by atoms with Gasteiger partial charge in [0.1, 0.15) is 0 Å². The van der Waals surface area contributed by atoms with Crippen molar-refractivity contribution >= 4 is 11.0 Å². The number of rotatable bonds is 4. The van der Waals surface area contributed by atoms with Gasteiger partial charge in [0.15, 0.2) is 0 Å². The number of hydrogen-bond acceptors (Lipinski definition) is 3. The first-order valence-corrected chi connectivity index (χ1v) is 9.49. The number of H-pyrrole nitrogens is 1. The zero-order chi connectivity index (χ0) is 19.3. The van der Waals surface area contributed by atoms with Crippen LogP contribution in [0.1, 0.15) is 62.5 Å². The summed E-state index contributed by atoms with van der Waals surface area (Å²) in [6.45, 7) is 13.0. The fourth-order valence-electron chi connectivity index (χ4n) is 2.88. The second-order valence-corrected chi connectivity index (χ2v) is 6.98. The molecule has 2 N–H and O–H groups in total. The summed E-state index contributed by atoms with van der Waals surface area (Å²) >= 11 is 0. The van der Waals surface area contributed by atoms with E-state index in [2.05, 4.69) is 57.8 Å². The van der Waals surface area contributed by atoms with Crippen molar-refractivity contribution in [2.24, 2.45) is 0 Å². The minimum absolute atomic E-state index is 0.319. The summed E-state index contributed by atoms with van der Waals surface area (Å²) in [4.78, 5) is 13.0. The summed E-state index contributed by atoms with van der Waals surface area (Å²) in [7, 11) is 0. The highest BCUT2D eigenvalue weighted by molar-refractivity contribution is 5.83. The van der Waals surface area contributed by atoms with Crippen LogP contribution in [0.25, 0.3) is 22.3 Å². The van der Waals surface area contributed by atoms with Gasteiger partial charge in [0.05, 0.1) is 16.7 Å². The molecule has 0 spiro atoms. The lowest BCUT2D eigenvalue weighted by molar-refractivity contribution is 0.295. The van der Waals surface area contributed by atoms with Gasteiger partial charge in [0.2, 0.25) is 0 Å². The summed E-state index contributed by atoms with van der Waals surface area (Å²) in [5.74, 6) is 0.447. The molecule has 3 aromatic rings. The van der Waals surface area contributed by atoms with Crippen LogP contribution < -0.4 is 0 Å². The minimum atomic E-state index is 0.319. The molecule has 3 heterocycles. The number of fused-ring (bicyclic) bond motifs is 1. The lowest BCUT2D eigenvalue weighted by Crippen LogP contribution is -2.01. The predicted molar refractivity (Wildman–Crippen MR) is 110 cm³/mol. The van der Waals surface area contributed by atoms with E-state index in [9.17, 15) is 0 Å². The van der Waals surface area contributed by atoms with Crippen molar-refractivity contribution in [1.29, 1.82) is 0 Å². The maximum atomic E-state index is 7.88. The number of aryl methyl sites for hydroxylation is 3. The van der Waals surface area contributed by atoms with E-state index < -0.39 is 0 Å². The Morgan fingerprint density at radius 2 is 1.77 bits per heavy atom. The molecule has 0 saturated carbocycles. The number of pyridine rings is 2. The smallest absolute Gasteiger partial charge is 0.0915 e. The van der Waals surface area contributed by atoms with Crippen LogP contribution in [0.15, 0.2) is 24.4 Å². The highest BCUT2D eigenvalue weighted by Crippen LogP contribution is 2.29. The van der Waals surface area contributed by atoms with Crippen molar-refractivity contribution in [1.82, 2.24) is 15.0 Å². The highest BCUT2D eigenvalue weighted by atomic mass is 16.2. The van der Waals surface area contributed by atoms with Crippen molar-refractivity contribution in [2.75, 3.05) is 6.61 Å². The Labute approximate surface area is 156 Å². The molecule has 0 aliphatic carbocycles. The Hall–Kier alpha value is -2.20. The Morgan fingerprint density at radius 1 is 1.08 bits per heavy atom. The topological polar surface area (TPSA) is 61.8 Å². The standard InChI is InChI=1S/C19H23N3.C3H8O/c1-6-15-14(7-8-16(21-15)11(2)3)18-12(4)9-17-19(22-18)13(5)10-20-17;1-2-3-4/h7-11,20H,6H2,1-5H3;4H,2-3H2,1H3. The molecule has 0 aromatic carbocycles. The molecular formula is C22H31N3O. The number of aliphatic hydroxyl groups excluding tert-OH is 1. The molecule has 0 unspecified atom stereocenters. The third-order valence-electron chi connectivity index (χ3n) is 4.43. The van der Waals surface area contributed by atoms with Crippen molar-refractivity contribution < 1.29 is 5.11 Å². The fourth-order valence-corrected chi connectivity index (χ4v) is 2.88. The van der Waals surface area contributed by atoms with Gasteiger partial charge >= 0.3 is 0 Å². The van der Waals surface area contributed by atoms with E-state index in [1.165, 1.54) is 11.1 Å². The average molecular weight is 354 g/mol. The van der Waals surface area contributed by atoms with Gasteiger partial charge in [-0.15, -0.1) is 0 Å². The molecule has 0 fully saturated rings. The van der Waals surface area contributed by atoms with Gasteiger partial charge in [-0.25, -0.2) is 4.98 Å². The van der Waals surface area contributed by atoms with E-state index in [1.54, 1.807) is 0 Å². The zero-order valence-electron chi connectivity index (χ0n) is 16.8. The number of nitrogens with zero attached hydrogens (tertiary/aromatic N) is 2. The lowest BCUT2D eigenvalue weighted by atomic mass is 10.0. The third kappa shape index (κ3) is 4.31. The monoisotopic (exact) mass is 353 g/mol. The quantitative estimate of drug-likeness (QED) is 0.667. The molecule has 0 amide bonds. The van der Waals surface area contributed by atoms with Crippen molar-refractivity contribution in [3.05, 3.63) is 46.9 Å². The first kappa shape index (κ1) is 20.1. The normalized spacial score (nSPS) is 10.9. The van der Waals surface area contributed by atoms with Crippen LogP contribution in [-0.2, 0) is 6.42 Å². The number of aromatic nitrogens is 3. The second kappa shape index (κ2) is 8.95. The molecule has 0 aliphatic rings. The Bertz CT molecular complexity index is 863. The van der Waals surface area contributed by atoms with Crippen molar-refractivity contribution in [3.63, 3.8) is 0 Å². The number of hydrogen-bond donors (Lipinski definition) is 2. The number of aliphatic hydroxyl groups is 1. The van der Waals surface area contributed by atoms with Gasteiger partial charge in [-0.3, -0.25) is 4.98 Å². The molecule has 0 aliphatic heterocycles. The van der Waals surface area contributed by atoms with E-state index in [0.29, 0.717) is 12.5 Å². The summed E-state index contributed by atoms with van der Waals surface area (Å²) in [6.07, 6.45) is 3.81. The fraction of sp³-hybridized carbons (Fsp3) is 0.455. The molecule has 3 rings (SSSR count). The second-order valence-electron chi connectivity index (χ2n) is 6.98. The van der Waals surface area contributed by atoms with Gasteiger partial charge < -0.3 is 10.1 Å². The third-order valence-corrected chi connectivity index (χ3v) is 4.43. The summed E-state index contributed by atoms with van der Waals surface area (Å²) in [5, 5.41) is 7.88. The maximum Gasteiger partial charge on any atom is 0.0915 e. The van der Waals surface area contributed by atoms with Crippen LogP contribution in [0.3, 0.4) is 0 Å². The van der Waals surface area contributed by atoms with E-state index in [4.69, 9.17) is 15.1 Å². The Kier molecular flexibility index (Phi) is 6.92. The first-order chi connectivity index (χ1) is 12.4. The van der Waals surface area contributed by atoms with Crippen LogP contribution in [0.4, 0.5) is 0 Å². The highest BCUT2D eigenvalue weighted by Gasteiger charge is 2.14. The largest absolute Gasteiger partial charge is 0.396 e. The lowest BCUT2D eigenvalue weighted by Gasteiger charge is -2.13. The van der Waals surface area contributed by atoms with Gasteiger partial charge in [0, 0.05) is 29.8 Å². The van der Waals surface area contributed by atoms with Crippen molar-refractivity contribution in [2.45, 2.75) is 60.3 Å². The first-order valence-electron chi connectivity index (χ1n) is 9.49. The molecule has 4 heteroatoms. The Morgan fingerprint density at radius 3 is 2.35 bits per heavy atom. The molecule has 0 atom stereocenters. The van der Waals surface area contributed by atoms with Gasteiger partial charge in [-0.05, 0) is 61.9 Å². The summed E-state index contributed by atoms with van der Waals surface area (Å²) in [5.41, 5.74) is 9.01. The summed E-state index contributed by atoms with van der Waals surface area (Å²) < 4.78 is 0. The van der Waals surface area contributed by atoms with Gasteiger partial charge in [0.25, 0.3) is 0 Å². The number of nitrogens with one attached hydrogen (secondary N) is 1. The maximum absolute atomic E-state index is 7.88. The van der Waals surface area contributed by atoms with Crippen LogP contribution in [0.2, 0.25) is 0 Å². The van der Waals surface area contributed by atoms with Gasteiger partial charge in [-0.2, -0.15) is 0 Å². The zero-order valence-corrected chi connectivity index (χ0v) is 16.8. The molecule has 0 bridgehead atoms. The van der Waals surface area contributed by atoms with Crippen molar-refractivity contribution in [3.8, 4) is 11.3 Å². The molecule has 140 valence electrons. The van der Waals surface area contributed by atoms with E-state index in [1.807, 2.05) is 13.1 Å². The molecule has 0 radical (unpaired) electrons. The van der Waals surface area contributed by atoms with E-state index >= 15 is 0 Å². The van der Waals surface area contributed by atoms with E-state index in [-0.39, 0.29) is 0 Å². The average Bonchev–Trinajstić information content (AvgIpc) is 3.00. The van der Waals surface area contributed by atoms with Gasteiger partial charge in [-0.1, -0.05) is 27.7 Å². The minimum Gasteiger partial charge on any atom is -0.396 e. The number of aromatic amines is 1. The van der Waals surface area contributed by atoms with Crippen LogP contribution in [-0.4, -0.2) is 26.7 Å². The molecular weight excluding hydrogens is 322 g/mol. The van der Waals surface area contributed by atoms with Crippen LogP contribution in [0.5, 0.6) is 0 Å². The van der Waals surface area contributed by atoms with E-state index in [0.717, 1.165) is 46.5 Å². The molecule has 3 aromatic heterocycles. The Balaban J connectivity index is 0.000000552. The molecule has 0 saturated heterocycles. The van der Waals surface area contributed by atoms with Crippen LogP contribution >= 0.6 is 0 Å². The summed E-state index contributed by atoms with van der Waals surface area (Å²) in [6, 6.07) is 6.50. The predicted octanol–water partition coefficient (Wildman–Crippen LogP) is 5.32. The SMILES string of the molecule is CCCO.CCc1nc(C(C)C)ccc1-c1nc2c(C)c[nH]c2cc1C. The van der Waals surface area contributed by atoms with Crippen LogP contribution in [0, 0.1) is 13.8 Å². The molecule has 4 nitrogen and oxygen atoms in total.